The van der Waals surface area contributed by atoms with E-state index in [0.29, 0.717) is 17.3 Å². The predicted octanol–water partition coefficient (Wildman–Crippen LogP) is 2.36. The van der Waals surface area contributed by atoms with Crippen molar-refractivity contribution in [3.63, 3.8) is 0 Å². The highest BCUT2D eigenvalue weighted by Gasteiger charge is 2.19. The average Bonchev–Trinajstić information content (AvgIpc) is 2.31. The zero-order valence-electron chi connectivity index (χ0n) is 10.8. The maximum atomic E-state index is 11.2. The van der Waals surface area contributed by atoms with Crippen LogP contribution in [-0.2, 0) is 0 Å². The van der Waals surface area contributed by atoms with Gasteiger partial charge in [-0.2, -0.15) is 0 Å². The minimum Gasteiger partial charge on any atom is -0.398 e. The van der Waals surface area contributed by atoms with E-state index in [-0.39, 0.29) is 0 Å². The number of benzene rings is 1. The van der Waals surface area contributed by atoms with Gasteiger partial charge in [0.25, 0.3) is 5.91 Å². The van der Waals surface area contributed by atoms with Gasteiger partial charge in [0.2, 0.25) is 0 Å². The van der Waals surface area contributed by atoms with Crippen LogP contribution in [-0.4, -0.2) is 11.9 Å². The monoisotopic (exact) mass is 247 g/mol. The lowest BCUT2D eigenvalue weighted by molar-refractivity contribution is 0.100. The van der Waals surface area contributed by atoms with Crippen molar-refractivity contribution in [3.8, 4) is 0 Å². The Labute approximate surface area is 108 Å². The van der Waals surface area contributed by atoms with E-state index in [0.717, 1.165) is 11.6 Å². The molecule has 0 heterocycles. The SMILES string of the molecule is CC1CCCC(Nc2ccc(N)c(C(N)=O)c2)C1. The molecule has 1 aliphatic carbocycles. The van der Waals surface area contributed by atoms with Crippen molar-refractivity contribution in [3.05, 3.63) is 23.8 Å². The van der Waals surface area contributed by atoms with Crippen molar-refractivity contribution in [1.29, 1.82) is 0 Å². The molecule has 0 aliphatic heterocycles. The summed E-state index contributed by atoms with van der Waals surface area (Å²) in [5.41, 5.74) is 12.8. The van der Waals surface area contributed by atoms with E-state index in [9.17, 15) is 4.79 Å². The molecule has 0 radical (unpaired) electrons. The molecule has 1 aromatic rings. The highest BCUT2D eigenvalue weighted by molar-refractivity contribution is 5.98. The van der Waals surface area contributed by atoms with E-state index in [4.69, 9.17) is 11.5 Å². The molecule has 2 unspecified atom stereocenters. The predicted molar refractivity (Wildman–Crippen MR) is 74.4 cm³/mol. The van der Waals surface area contributed by atoms with Gasteiger partial charge < -0.3 is 16.8 Å². The number of primary amides is 1. The summed E-state index contributed by atoms with van der Waals surface area (Å²) in [5, 5.41) is 3.47. The van der Waals surface area contributed by atoms with Crippen LogP contribution in [0.2, 0.25) is 0 Å². The quantitative estimate of drug-likeness (QED) is 0.717. The van der Waals surface area contributed by atoms with Crippen molar-refractivity contribution in [2.24, 2.45) is 11.7 Å². The van der Waals surface area contributed by atoms with Gasteiger partial charge in [-0.25, -0.2) is 0 Å². The fourth-order valence-corrected chi connectivity index (χ4v) is 2.66. The van der Waals surface area contributed by atoms with E-state index in [1.54, 1.807) is 12.1 Å². The van der Waals surface area contributed by atoms with E-state index in [1.165, 1.54) is 25.7 Å². The molecule has 1 fully saturated rings. The summed E-state index contributed by atoms with van der Waals surface area (Å²) in [6.07, 6.45) is 4.93. The first-order chi connectivity index (χ1) is 8.56. The molecule has 0 aromatic heterocycles. The van der Waals surface area contributed by atoms with Crippen LogP contribution in [0.5, 0.6) is 0 Å². The number of carbonyl (C=O) groups is 1. The number of anilines is 2. The molecule has 5 N–H and O–H groups in total. The molecule has 1 saturated carbocycles. The first kappa shape index (κ1) is 12.7. The number of nitrogens with one attached hydrogen (secondary N) is 1. The van der Waals surface area contributed by atoms with Crippen LogP contribution >= 0.6 is 0 Å². The summed E-state index contributed by atoms with van der Waals surface area (Å²) in [6.45, 7) is 2.28. The van der Waals surface area contributed by atoms with Crippen LogP contribution in [0.15, 0.2) is 18.2 Å². The Kier molecular flexibility index (Phi) is 3.75. The topological polar surface area (TPSA) is 81.1 Å². The van der Waals surface area contributed by atoms with Crippen molar-refractivity contribution >= 4 is 17.3 Å². The molecule has 1 amide bonds. The van der Waals surface area contributed by atoms with Crippen molar-refractivity contribution in [2.75, 3.05) is 11.1 Å². The van der Waals surface area contributed by atoms with E-state index in [1.807, 2.05) is 6.07 Å². The van der Waals surface area contributed by atoms with Crippen LogP contribution in [0.3, 0.4) is 0 Å². The number of nitrogen functional groups attached to an aromatic ring is 1. The summed E-state index contributed by atoms with van der Waals surface area (Å²) in [7, 11) is 0. The number of carbonyl (C=O) groups excluding carboxylic acids is 1. The molecule has 4 heteroatoms. The number of hydrogen-bond acceptors (Lipinski definition) is 3. The van der Waals surface area contributed by atoms with Crippen LogP contribution in [0.1, 0.15) is 43.0 Å². The van der Waals surface area contributed by atoms with Gasteiger partial charge in [-0.1, -0.05) is 19.8 Å². The maximum absolute atomic E-state index is 11.2. The van der Waals surface area contributed by atoms with Crippen molar-refractivity contribution < 1.29 is 4.79 Å². The van der Waals surface area contributed by atoms with Gasteiger partial charge in [0.15, 0.2) is 0 Å². The third-order valence-electron chi connectivity index (χ3n) is 3.63. The third-order valence-corrected chi connectivity index (χ3v) is 3.63. The summed E-state index contributed by atoms with van der Waals surface area (Å²) < 4.78 is 0. The Hall–Kier alpha value is -1.71. The Morgan fingerprint density at radius 3 is 2.83 bits per heavy atom. The largest absolute Gasteiger partial charge is 0.398 e. The molecular formula is C14H21N3O. The highest BCUT2D eigenvalue weighted by atomic mass is 16.1. The summed E-state index contributed by atoms with van der Waals surface area (Å²) in [4.78, 5) is 11.2. The van der Waals surface area contributed by atoms with Gasteiger partial charge in [-0.3, -0.25) is 4.79 Å². The van der Waals surface area contributed by atoms with Crippen LogP contribution in [0.25, 0.3) is 0 Å². The van der Waals surface area contributed by atoms with E-state index >= 15 is 0 Å². The normalized spacial score (nSPS) is 23.6. The van der Waals surface area contributed by atoms with Crippen LogP contribution in [0.4, 0.5) is 11.4 Å². The fraction of sp³-hybridized carbons (Fsp3) is 0.500. The van der Waals surface area contributed by atoms with Gasteiger partial charge >= 0.3 is 0 Å². The average molecular weight is 247 g/mol. The summed E-state index contributed by atoms with van der Waals surface area (Å²) in [5.74, 6) is 0.286. The van der Waals surface area contributed by atoms with Crippen LogP contribution in [0, 0.1) is 5.92 Å². The molecule has 2 atom stereocenters. The molecule has 18 heavy (non-hydrogen) atoms. The number of rotatable bonds is 3. The molecular weight excluding hydrogens is 226 g/mol. The lowest BCUT2D eigenvalue weighted by Gasteiger charge is -2.28. The fourth-order valence-electron chi connectivity index (χ4n) is 2.66. The number of amides is 1. The molecule has 98 valence electrons. The van der Waals surface area contributed by atoms with Gasteiger partial charge in [-0.05, 0) is 37.0 Å². The molecule has 1 aliphatic rings. The highest BCUT2D eigenvalue weighted by Crippen LogP contribution is 2.27. The van der Waals surface area contributed by atoms with Gasteiger partial charge in [0, 0.05) is 17.4 Å². The maximum Gasteiger partial charge on any atom is 0.250 e. The van der Waals surface area contributed by atoms with Crippen molar-refractivity contribution in [2.45, 2.75) is 38.6 Å². The first-order valence-electron chi connectivity index (χ1n) is 6.52. The minimum absolute atomic E-state index is 0.392. The molecule has 0 saturated heterocycles. The molecule has 4 nitrogen and oxygen atoms in total. The number of nitrogens with two attached hydrogens (primary N) is 2. The zero-order chi connectivity index (χ0) is 13.1. The zero-order valence-corrected chi connectivity index (χ0v) is 10.8. The van der Waals surface area contributed by atoms with E-state index in [2.05, 4.69) is 12.2 Å². The second-order valence-electron chi connectivity index (χ2n) is 5.28. The Morgan fingerprint density at radius 2 is 2.17 bits per heavy atom. The van der Waals surface area contributed by atoms with Gasteiger partial charge in [-0.15, -0.1) is 0 Å². The molecule has 0 bridgehead atoms. The molecule has 1 aromatic carbocycles. The molecule has 2 rings (SSSR count). The standard InChI is InChI=1S/C14H21N3O/c1-9-3-2-4-10(7-9)17-11-5-6-13(15)12(8-11)14(16)18/h5-6,8-10,17H,2-4,7,15H2,1H3,(H2,16,18). The number of hydrogen-bond donors (Lipinski definition) is 3. The van der Waals surface area contributed by atoms with E-state index < -0.39 is 5.91 Å². The Balaban J connectivity index is 2.09. The lowest BCUT2D eigenvalue weighted by atomic mass is 9.87. The van der Waals surface area contributed by atoms with Gasteiger partial charge in [0.1, 0.15) is 0 Å². The van der Waals surface area contributed by atoms with Gasteiger partial charge in [0.05, 0.1) is 5.56 Å². The Bertz CT molecular complexity index is 445. The smallest absolute Gasteiger partial charge is 0.250 e. The van der Waals surface area contributed by atoms with Crippen LogP contribution < -0.4 is 16.8 Å². The Morgan fingerprint density at radius 1 is 1.39 bits per heavy atom. The minimum atomic E-state index is -0.479. The lowest BCUT2D eigenvalue weighted by Crippen LogP contribution is -2.26. The summed E-state index contributed by atoms with van der Waals surface area (Å²) >= 11 is 0. The second-order valence-corrected chi connectivity index (χ2v) is 5.28. The third kappa shape index (κ3) is 2.94. The first-order valence-corrected chi connectivity index (χ1v) is 6.52. The van der Waals surface area contributed by atoms with Crippen molar-refractivity contribution in [1.82, 2.24) is 0 Å². The second kappa shape index (κ2) is 5.29. The molecule has 0 spiro atoms. The summed E-state index contributed by atoms with van der Waals surface area (Å²) in [6, 6.07) is 5.87.